The summed E-state index contributed by atoms with van der Waals surface area (Å²) in [4.78, 5) is 3.87. The molecule has 0 fully saturated rings. The predicted octanol–water partition coefficient (Wildman–Crippen LogP) is 0.639. The highest BCUT2D eigenvalue weighted by Crippen LogP contribution is 2.14. The van der Waals surface area contributed by atoms with Gasteiger partial charge in [-0.1, -0.05) is 5.16 Å². The van der Waals surface area contributed by atoms with E-state index in [1.54, 1.807) is 24.0 Å². The Morgan fingerprint density at radius 3 is 2.88 bits per heavy atom. The topological polar surface area (TPSA) is 77.0 Å². The van der Waals surface area contributed by atoms with Crippen molar-refractivity contribution in [1.29, 1.82) is 0 Å². The minimum absolute atomic E-state index is 0.0431. The molecule has 1 N–H and O–H groups in total. The van der Waals surface area contributed by atoms with Gasteiger partial charge in [0.15, 0.2) is 0 Å². The molecule has 0 bridgehead atoms. The summed E-state index contributed by atoms with van der Waals surface area (Å²) in [6.07, 6.45) is -3.32. The van der Waals surface area contributed by atoms with Gasteiger partial charge in [-0.2, -0.15) is 10.1 Å². The first-order valence-electron chi connectivity index (χ1n) is 4.85. The largest absolute Gasteiger partial charge is 0.387 e. The van der Waals surface area contributed by atoms with Crippen LogP contribution in [0, 0.1) is 0 Å². The Kier molecular flexibility index (Phi) is 3.14. The third kappa shape index (κ3) is 2.64. The molecule has 0 aliphatic carbocycles. The Balaban J connectivity index is 2.11. The number of aromatic nitrogens is 4. The third-order valence-electron chi connectivity index (χ3n) is 2.09. The molecule has 0 aromatic carbocycles. The molecule has 2 aromatic rings. The van der Waals surface area contributed by atoms with E-state index in [9.17, 15) is 8.78 Å². The van der Waals surface area contributed by atoms with Crippen molar-refractivity contribution in [3.8, 4) is 11.5 Å². The molecule has 92 valence electrons. The summed E-state index contributed by atoms with van der Waals surface area (Å²) in [5, 5.41) is 16.6. The Hall–Kier alpha value is -1.83. The van der Waals surface area contributed by atoms with E-state index in [-0.39, 0.29) is 18.1 Å². The highest BCUT2D eigenvalue weighted by molar-refractivity contribution is 5.46. The number of rotatable bonds is 4. The maximum atomic E-state index is 12.1. The molecule has 2 heterocycles. The fraction of sp³-hybridized carbons (Fsp3) is 0.444. The second-order valence-corrected chi connectivity index (χ2v) is 3.49. The zero-order chi connectivity index (χ0) is 12.4. The van der Waals surface area contributed by atoms with Crippen LogP contribution in [0.5, 0.6) is 0 Å². The maximum absolute atomic E-state index is 12.1. The van der Waals surface area contributed by atoms with Gasteiger partial charge in [0.25, 0.3) is 6.43 Å². The van der Waals surface area contributed by atoms with Gasteiger partial charge >= 0.3 is 0 Å². The van der Waals surface area contributed by atoms with Gasteiger partial charge in [0.05, 0.1) is 6.42 Å². The van der Waals surface area contributed by atoms with E-state index < -0.39 is 12.5 Å². The van der Waals surface area contributed by atoms with Gasteiger partial charge in [0, 0.05) is 13.2 Å². The Labute approximate surface area is 94.9 Å². The van der Waals surface area contributed by atoms with Crippen LogP contribution in [-0.4, -0.2) is 37.6 Å². The molecule has 8 heteroatoms. The minimum Gasteiger partial charge on any atom is -0.387 e. The Morgan fingerprint density at radius 2 is 2.29 bits per heavy atom. The lowest BCUT2D eigenvalue weighted by Crippen LogP contribution is -2.20. The van der Waals surface area contributed by atoms with E-state index >= 15 is 0 Å². The number of aryl methyl sites for hydroxylation is 1. The summed E-state index contributed by atoms with van der Waals surface area (Å²) in [5.74, 6) is 0.167. The average Bonchev–Trinajstić information content (AvgIpc) is 2.86. The van der Waals surface area contributed by atoms with Crippen LogP contribution in [-0.2, 0) is 13.5 Å². The number of aliphatic hydroxyl groups is 1. The van der Waals surface area contributed by atoms with Crippen molar-refractivity contribution in [2.75, 3.05) is 0 Å². The summed E-state index contributed by atoms with van der Waals surface area (Å²) >= 11 is 0. The molecule has 1 atom stereocenters. The van der Waals surface area contributed by atoms with Crippen LogP contribution in [0.25, 0.3) is 11.5 Å². The monoisotopic (exact) mass is 244 g/mol. The van der Waals surface area contributed by atoms with Gasteiger partial charge in [0.2, 0.25) is 11.7 Å². The van der Waals surface area contributed by atoms with Gasteiger partial charge in [-0.05, 0) is 6.07 Å². The van der Waals surface area contributed by atoms with Crippen LogP contribution < -0.4 is 0 Å². The molecule has 0 spiro atoms. The van der Waals surface area contributed by atoms with E-state index in [1.165, 1.54) is 0 Å². The van der Waals surface area contributed by atoms with Gasteiger partial charge in [-0.25, -0.2) is 8.78 Å². The molecular formula is C9H10F2N4O2. The molecular weight excluding hydrogens is 234 g/mol. The molecule has 0 saturated carbocycles. The summed E-state index contributed by atoms with van der Waals surface area (Å²) in [5.41, 5.74) is 0.481. The van der Waals surface area contributed by atoms with Gasteiger partial charge < -0.3 is 9.63 Å². The second kappa shape index (κ2) is 4.58. The van der Waals surface area contributed by atoms with Gasteiger partial charge in [-0.3, -0.25) is 4.68 Å². The molecule has 0 radical (unpaired) electrons. The zero-order valence-corrected chi connectivity index (χ0v) is 8.92. The molecule has 0 saturated heterocycles. The molecule has 0 aliphatic rings. The first-order valence-corrected chi connectivity index (χ1v) is 4.85. The molecule has 0 amide bonds. The molecule has 6 nitrogen and oxygen atoms in total. The van der Waals surface area contributed by atoms with Crippen molar-refractivity contribution < 1.29 is 18.4 Å². The first-order chi connectivity index (χ1) is 8.06. The molecule has 2 aromatic heterocycles. The van der Waals surface area contributed by atoms with Crippen LogP contribution in [0.15, 0.2) is 16.8 Å². The summed E-state index contributed by atoms with van der Waals surface area (Å²) in [7, 11) is 1.73. The molecule has 1 unspecified atom stereocenters. The summed E-state index contributed by atoms with van der Waals surface area (Å²) < 4.78 is 30.5. The highest BCUT2D eigenvalue weighted by Gasteiger charge is 2.21. The lowest BCUT2D eigenvalue weighted by molar-refractivity contribution is -0.00754. The average molecular weight is 244 g/mol. The number of nitrogens with zero attached hydrogens (tertiary/aromatic N) is 4. The fourth-order valence-corrected chi connectivity index (χ4v) is 1.24. The SMILES string of the molecule is Cn1ccc(-c2noc(CC(O)C(F)F)n2)n1. The number of hydrogen-bond acceptors (Lipinski definition) is 5. The second-order valence-electron chi connectivity index (χ2n) is 3.49. The Morgan fingerprint density at radius 1 is 1.53 bits per heavy atom. The standard InChI is InChI=1S/C9H10F2N4O2/c1-15-3-2-5(13-15)9-12-7(17-14-9)4-6(16)8(10)11/h2-3,6,8,16H,4H2,1H3. The van der Waals surface area contributed by atoms with E-state index in [4.69, 9.17) is 9.63 Å². The van der Waals surface area contributed by atoms with E-state index in [0.717, 1.165) is 0 Å². The first kappa shape index (κ1) is 11.6. The molecule has 17 heavy (non-hydrogen) atoms. The van der Waals surface area contributed by atoms with E-state index in [2.05, 4.69) is 15.2 Å². The summed E-state index contributed by atoms with van der Waals surface area (Å²) in [6, 6.07) is 1.66. The van der Waals surface area contributed by atoms with Crippen molar-refractivity contribution in [2.24, 2.45) is 7.05 Å². The minimum atomic E-state index is -2.83. The predicted molar refractivity (Wildman–Crippen MR) is 52.2 cm³/mol. The lowest BCUT2D eigenvalue weighted by Gasteiger charge is -2.04. The lowest BCUT2D eigenvalue weighted by atomic mass is 10.2. The van der Waals surface area contributed by atoms with E-state index in [1.807, 2.05) is 0 Å². The number of hydrogen-bond donors (Lipinski definition) is 1. The summed E-state index contributed by atoms with van der Waals surface area (Å²) in [6.45, 7) is 0. The zero-order valence-electron chi connectivity index (χ0n) is 8.92. The molecule has 0 aliphatic heterocycles. The van der Waals surface area contributed by atoms with Crippen molar-refractivity contribution >= 4 is 0 Å². The fourth-order valence-electron chi connectivity index (χ4n) is 1.24. The van der Waals surface area contributed by atoms with Crippen molar-refractivity contribution in [1.82, 2.24) is 19.9 Å². The smallest absolute Gasteiger partial charge is 0.264 e. The van der Waals surface area contributed by atoms with E-state index in [0.29, 0.717) is 5.69 Å². The number of halogens is 2. The Bertz CT molecular complexity index is 497. The van der Waals surface area contributed by atoms with Crippen LogP contribution in [0.1, 0.15) is 5.89 Å². The number of alkyl halides is 2. The van der Waals surface area contributed by atoms with Crippen LogP contribution >= 0.6 is 0 Å². The van der Waals surface area contributed by atoms with Crippen LogP contribution in [0.3, 0.4) is 0 Å². The highest BCUT2D eigenvalue weighted by atomic mass is 19.3. The maximum Gasteiger partial charge on any atom is 0.264 e. The van der Waals surface area contributed by atoms with Crippen molar-refractivity contribution in [3.05, 3.63) is 18.2 Å². The van der Waals surface area contributed by atoms with Crippen molar-refractivity contribution in [2.45, 2.75) is 19.0 Å². The van der Waals surface area contributed by atoms with Crippen LogP contribution in [0.2, 0.25) is 0 Å². The molecule has 2 rings (SSSR count). The third-order valence-corrected chi connectivity index (χ3v) is 2.09. The van der Waals surface area contributed by atoms with Crippen molar-refractivity contribution in [3.63, 3.8) is 0 Å². The normalized spacial score (nSPS) is 13.2. The quantitative estimate of drug-likeness (QED) is 0.853. The van der Waals surface area contributed by atoms with Gasteiger partial charge in [-0.15, -0.1) is 0 Å². The van der Waals surface area contributed by atoms with Gasteiger partial charge in [0.1, 0.15) is 11.8 Å². The number of aliphatic hydroxyl groups excluding tert-OH is 1. The van der Waals surface area contributed by atoms with Crippen LogP contribution in [0.4, 0.5) is 8.78 Å².